The first kappa shape index (κ1) is 28.5. The van der Waals surface area contributed by atoms with Gasteiger partial charge in [0.05, 0.1) is 19.1 Å². The fourth-order valence-electron chi connectivity index (χ4n) is 3.77. The first-order chi connectivity index (χ1) is 16.6. The Labute approximate surface area is 213 Å². The van der Waals surface area contributed by atoms with E-state index in [9.17, 15) is 18.0 Å². The second kappa shape index (κ2) is 13.3. The number of hydrogen-bond acceptors (Lipinski definition) is 5. The van der Waals surface area contributed by atoms with Crippen LogP contribution in [-0.4, -0.2) is 57.6 Å². The van der Waals surface area contributed by atoms with Crippen LogP contribution < -0.4 is 14.4 Å². The lowest BCUT2D eigenvalue weighted by molar-refractivity contribution is -0.141. The van der Waals surface area contributed by atoms with Crippen molar-refractivity contribution < 1.29 is 22.7 Å². The molecule has 0 aliphatic heterocycles. The zero-order valence-electron chi connectivity index (χ0n) is 20.7. The van der Waals surface area contributed by atoms with Crippen LogP contribution in [0.3, 0.4) is 0 Å². The maximum atomic E-state index is 13.3. The number of ether oxygens (including phenoxy) is 1. The van der Waals surface area contributed by atoms with Gasteiger partial charge in [-0.2, -0.15) is 0 Å². The molecule has 8 nitrogen and oxygen atoms in total. The van der Waals surface area contributed by atoms with Gasteiger partial charge >= 0.3 is 0 Å². The van der Waals surface area contributed by atoms with Crippen molar-refractivity contribution in [1.29, 1.82) is 0 Å². The van der Waals surface area contributed by atoms with E-state index >= 15 is 0 Å². The highest BCUT2D eigenvalue weighted by Gasteiger charge is 2.28. The molecule has 2 aromatic rings. The number of carbonyl (C=O) groups is 2. The van der Waals surface area contributed by atoms with Crippen molar-refractivity contribution in [3.8, 4) is 5.75 Å². The molecule has 192 valence electrons. The Morgan fingerprint density at radius 1 is 1.11 bits per heavy atom. The molecule has 10 heteroatoms. The average Bonchev–Trinajstić information content (AvgIpc) is 2.81. The molecule has 0 aliphatic carbocycles. The number of sulfonamides is 1. The summed E-state index contributed by atoms with van der Waals surface area (Å²) in [5.74, 6) is 0.260. The molecule has 0 heterocycles. The molecule has 2 rings (SSSR count). The molecule has 0 radical (unpaired) electrons. The zero-order valence-corrected chi connectivity index (χ0v) is 22.2. The van der Waals surface area contributed by atoms with Gasteiger partial charge in [-0.1, -0.05) is 36.7 Å². The normalized spacial score (nSPS) is 12.0. The van der Waals surface area contributed by atoms with Crippen LogP contribution >= 0.6 is 11.6 Å². The van der Waals surface area contributed by atoms with Gasteiger partial charge in [0, 0.05) is 31.1 Å². The van der Waals surface area contributed by atoms with Gasteiger partial charge in [-0.15, -0.1) is 0 Å². The lowest BCUT2D eigenvalue weighted by atomic mass is 10.1. The molecular weight excluding hydrogens is 490 g/mol. The second-order valence-corrected chi connectivity index (χ2v) is 10.5. The molecule has 0 aromatic heterocycles. The molecule has 0 fully saturated rings. The van der Waals surface area contributed by atoms with Crippen LogP contribution in [0.4, 0.5) is 5.69 Å². The number of hydrogen-bond donors (Lipinski definition) is 1. The highest BCUT2D eigenvalue weighted by atomic mass is 35.5. The van der Waals surface area contributed by atoms with E-state index in [1.807, 2.05) is 26.0 Å². The third kappa shape index (κ3) is 8.43. The molecular formula is C25H34ClN3O5S. The van der Waals surface area contributed by atoms with E-state index in [-0.39, 0.29) is 37.7 Å². The number of amides is 2. The molecule has 1 N–H and O–H groups in total. The predicted molar refractivity (Wildman–Crippen MR) is 139 cm³/mol. The number of benzene rings is 2. The highest BCUT2D eigenvalue weighted by molar-refractivity contribution is 7.92. The van der Waals surface area contributed by atoms with Crippen LogP contribution in [0.1, 0.15) is 38.7 Å². The van der Waals surface area contributed by atoms with E-state index in [4.69, 9.17) is 16.3 Å². The van der Waals surface area contributed by atoms with Crippen LogP contribution in [0.15, 0.2) is 48.5 Å². The van der Waals surface area contributed by atoms with Crippen LogP contribution in [0.2, 0.25) is 5.02 Å². The van der Waals surface area contributed by atoms with Gasteiger partial charge in [-0.25, -0.2) is 8.42 Å². The molecule has 1 atom stereocenters. The zero-order chi connectivity index (χ0) is 26.0. The van der Waals surface area contributed by atoms with Gasteiger partial charge in [-0.05, 0) is 55.7 Å². The Morgan fingerprint density at radius 3 is 2.34 bits per heavy atom. The van der Waals surface area contributed by atoms with Crippen molar-refractivity contribution in [2.75, 3.05) is 30.8 Å². The molecule has 0 bridgehead atoms. The third-order valence-corrected chi connectivity index (χ3v) is 6.93. The topological polar surface area (TPSA) is 96.0 Å². The van der Waals surface area contributed by atoms with E-state index in [0.717, 1.165) is 11.8 Å². The number of rotatable bonds is 13. The number of halogens is 1. The van der Waals surface area contributed by atoms with Gasteiger partial charge in [0.25, 0.3) is 0 Å². The summed E-state index contributed by atoms with van der Waals surface area (Å²) in [6, 6.07) is 13.3. The first-order valence-corrected chi connectivity index (χ1v) is 13.8. The van der Waals surface area contributed by atoms with E-state index in [0.29, 0.717) is 29.4 Å². The Hall–Kier alpha value is -2.78. The lowest BCUT2D eigenvalue weighted by Gasteiger charge is -2.31. The van der Waals surface area contributed by atoms with E-state index in [2.05, 4.69) is 5.32 Å². The lowest BCUT2D eigenvalue weighted by Crippen LogP contribution is -2.49. The minimum atomic E-state index is -3.58. The van der Waals surface area contributed by atoms with Gasteiger partial charge in [0.15, 0.2) is 0 Å². The summed E-state index contributed by atoms with van der Waals surface area (Å²) in [7, 11) is -2.00. The van der Waals surface area contributed by atoms with Gasteiger partial charge in [0.1, 0.15) is 11.8 Å². The number of carbonyl (C=O) groups excluding carboxylic acids is 2. The smallest absolute Gasteiger partial charge is 0.242 e. The molecule has 0 saturated carbocycles. The first-order valence-electron chi connectivity index (χ1n) is 11.5. The number of anilines is 1. The molecule has 35 heavy (non-hydrogen) atoms. The summed E-state index contributed by atoms with van der Waals surface area (Å²) >= 11 is 6.04. The molecule has 0 spiro atoms. The van der Waals surface area contributed by atoms with Crippen molar-refractivity contribution in [2.45, 2.75) is 45.7 Å². The number of nitrogens with zero attached hydrogens (tertiary/aromatic N) is 2. The Kier molecular flexibility index (Phi) is 10.9. The third-order valence-electron chi connectivity index (χ3n) is 5.50. The fraction of sp³-hybridized carbons (Fsp3) is 0.440. The van der Waals surface area contributed by atoms with Crippen LogP contribution in [-0.2, 0) is 26.2 Å². The van der Waals surface area contributed by atoms with Crippen LogP contribution in [0.25, 0.3) is 0 Å². The van der Waals surface area contributed by atoms with Crippen molar-refractivity contribution in [3.63, 3.8) is 0 Å². The monoisotopic (exact) mass is 523 g/mol. The van der Waals surface area contributed by atoms with Gasteiger partial charge in [-0.3, -0.25) is 13.9 Å². The fourth-order valence-corrected chi connectivity index (χ4v) is 4.92. The summed E-state index contributed by atoms with van der Waals surface area (Å²) in [6.45, 7) is 4.51. The van der Waals surface area contributed by atoms with Gasteiger partial charge in [0.2, 0.25) is 21.8 Å². The minimum absolute atomic E-state index is 0.0820. The van der Waals surface area contributed by atoms with Crippen molar-refractivity contribution >= 4 is 39.1 Å². The molecule has 1 unspecified atom stereocenters. The van der Waals surface area contributed by atoms with Crippen LogP contribution in [0, 0.1) is 0 Å². The van der Waals surface area contributed by atoms with Crippen molar-refractivity contribution in [1.82, 2.24) is 10.2 Å². The largest absolute Gasteiger partial charge is 0.497 e. The van der Waals surface area contributed by atoms with Crippen molar-refractivity contribution in [3.05, 3.63) is 59.1 Å². The Balaban J connectivity index is 2.20. The van der Waals surface area contributed by atoms with E-state index in [1.165, 1.54) is 4.31 Å². The summed E-state index contributed by atoms with van der Waals surface area (Å²) in [5.41, 5.74) is 1.30. The molecule has 2 amide bonds. The number of likely N-dealkylation sites (N-methyl/N-ethyl adjacent to an activating group) is 1. The summed E-state index contributed by atoms with van der Waals surface area (Å²) < 4.78 is 31.2. The highest BCUT2D eigenvalue weighted by Crippen LogP contribution is 2.23. The van der Waals surface area contributed by atoms with Gasteiger partial charge < -0.3 is 15.0 Å². The number of nitrogens with one attached hydrogen (secondary N) is 1. The summed E-state index contributed by atoms with van der Waals surface area (Å²) in [4.78, 5) is 27.6. The quantitative estimate of drug-likeness (QED) is 0.430. The standard InChI is InChI=1S/C25H34ClN3O5S/c1-5-23(25(31)27-6-2)28(18-19-12-14-22(34-3)15-13-19)24(30)11-8-16-29(35(4,32)33)21-10-7-9-20(26)17-21/h7,9-10,12-15,17,23H,5-6,8,11,16,18H2,1-4H3,(H,27,31). The Bertz CT molecular complexity index is 1090. The summed E-state index contributed by atoms with van der Waals surface area (Å²) in [5, 5.41) is 3.23. The summed E-state index contributed by atoms with van der Waals surface area (Å²) in [6.07, 6.45) is 1.93. The van der Waals surface area contributed by atoms with E-state index < -0.39 is 16.1 Å². The van der Waals surface area contributed by atoms with Crippen molar-refractivity contribution in [2.24, 2.45) is 0 Å². The molecule has 0 saturated heterocycles. The second-order valence-electron chi connectivity index (χ2n) is 8.11. The SMILES string of the molecule is CCNC(=O)C(CC)N(Cc1ccc(OC)cc1)C(=O)CCCN(c1cccc(Cl)c1)S(C)(=O)=O. The maximum Gasteiger partial charge on any atom is 0.242 e. The van der Waals surface area contributed by atoms with E-state index in [1.54, 1.807) is 48.4 Å². The number of methoxy groups -OCH3 is 1. The minimum Gasteiger partial charge on any atom is -0.497 e. The Morgan fingerprint density at radius 2 is 1.80 bits per heavy atom. The maximum absolute atomic E-state index is 13.3. The molecule has 2 aromatic carbocycles. The average molecular weight is 524 g/mol. The van der Waals surface area contributed by atoms with Crippen LogP contribution in [0.5, 0.6) is 5.75 Å². The molecule has 0 aliphatic rings. The predicted octanol–water partition coefficient (Wildman–Crippen LogP) is 3.84.